The highest BCUT2D eigenvalue weighted by molar-refractivity contribution is 5.95. The zero-order valence-electron chi connectivity index (χ0n) is 10.3. The number of aromatic hydroxyl groups is 3. The van der Waals surface area contributed by atoms with E-state index in [1.807, 2.05) is 0 Å². The monoisotopic (exact) mass is 272 g/mol. The smallest absolute Gasteiger partial charge is 0.271 e. The third-order valence-electron chi connectivity index (χ3n) is 2.54. The van der Waals surface area contributed by atoms with Gasteiger partial charge in [0.15, 0.2) is 11.5 Å². The van der Waals surface area contributed by atoms with Gasteiger partial charge < -0.3 is 15.3 Å². The molecule has 20 heavy (non-hydrogen) atoms. The van der Waals surface area contributed by atoms with Crippen molar-refractivity contribution in [3.8, 4) is 17.2 Å². The van der Waals surface area contributed by atoms with Crippen LogP contribution in [0, 0.1) is 0 Å². The van der Waals surface area contributed by atoms with E-state index in [-0.39, 0.29) is 22.8 Å². The third kappa shape index (κ3) is 3.05. The predicted octanol–water partition coefficient (Wildman–Crippen LogP) is 1.57. The van der Waals surface area contributed by atoms with Crippen molar-refractivity contribution in [1.82, 2.24) is 5.43 Å². The Hall–Kier alpha value is -3.02. The van der Waals surface area contributed by atoms with E-state index in [9.17, 15) is 15.0 Å². The van der Waals surface area contributed by atoms with Gasteiger partial charge in [0.05, 0.1) is 6.21 Å². The lowest BCUT2D eigenvalue weighted by Crippen LogP contribution is -2.17. The van der Waals surface area contributed by atoms with Crippen LogP contribution >= 0.6 is 0 Å². The van der Waals surface area contributed by atoms with Gasteiger partial charge in [0, 0.05) is 11.1 Å². The van der Waals surface area contributed by atoms with Gasteiger partial charge in [-0.2, -0.15) is 5.10 Å². The largest absolute Gasteiger partial charge is 0.507 e. The molecule has 0 saturated carbocycles. The minimum atomic E-state index is -0.549. The number of phenolic OH excluding ortho intramolecular Hbond substituents is 3. The van der Waals surface area contributed by atoms with Crippen molar-refractivity contribution in [3.63, 3.8) is 0 Å². The number of nitrogens with zero attached hydrogens (tertiary/aromatic N) is 1. The molecule has 0 radical (unpaired) electrons. The lowest BCUT2D eigenvalue weighted by atomic mass is 10.2. The minimum absolute atomic E-state index is 0.0489. The van der Waals surface area contributed by atoms with Crippen molar-refractivity contribution in [2.75, 3.05) is 0 Å². The molecule has 0 bridgehead atoms. The first-order valence-corrected chi connectivity index (χ1v) is 5.71. The van der Waals surface area contributed by atoms with Gasteiger partial charge >= 0.3 is 0 Å². The summed E-state index contributed by atoms with van der Waals surface area (Å²) in [4.78, 5) is 11.7. The molecule has 0 aliphatic rings. The van der Waals surface area contributed by atoms with Crippen molar-refractivity contribution in [1.29, 1.82) is 0 Å². The van der Waals surface area contributed by atoms with Crippen molar-refractivity contribution in [2.24, 2.45) is 5.10 Å². The molecular formula is C14H12N2O4. The summed E-state index contributed by atoms with van der Waals surface area (Å²) in [6.45, 7) is 0. The number of amides is 1. The van der Waals surface area contributed by atoms with Crippen LogP contribution in [0.4, 0.5) is 0 Å². The van der Waals surface area contributed by atoms with Gasteiger partial charge in [0.25, 0.3) is 5.91 Å². The van der Waals surface area contributed by atoms with Crippen LogP contribution in [0.2, 0.25) is 0 Å². The van der Waals surface area contributed by atoms with Gasteiger partial charge in [-0.15, -0.1) is 0 Å². The lowest BCUT2D eigenvalue weighted by Gasteiger charge is -2.02. The fourth-order valence-electron chi connectivity index (χ4n) is 1.49. The fraction of sp³-hybridized carbons (Fsp3) is 0. The van der Waals surface area contributed by atoms with Gasteiger partial charge in [-0.25, -0.2) is 5.43 Å². The van der Waals surface area contributed by atoms with E-state index < -0.39 is 5.91 Å². The topological polar surface area (TPSA) is 102 Å². The number of hydrogen-bond acceptors (Lipinski definition) is 5. The molecule has 0 unspecified atom stereocenters. The normalized spacial score (nSPS) is 10.6. The summed E-state index contributed by atoms with van der Waals surface area (Å²) in [6, 6.07) is 10.2. The number of phenols is 3. The Labute approximate surface area is 114 Å². The summed E-state index contributed by atoms with van der Waals surface area (Å²) in [5, 5.41) is 31.6. The van der Waals surface area contributed by atoms with Crippen molar-refractivity contribution < 1.29 is 20.1 Å². The molecule has 0 heterocycles. The number of carbonyl (C=O) groups excluding carboxylic acids is 1. The van der Waals surface area contributed by atoms with E-state index in [1.165, 1.54) is 24.4 Å². The number of nitrogens with one attached hydrogen (secondary N) is 1. The Bertz CT molecular complexity index is 668. The number of carbonyl (C=O) groups is 1. The fourth-order valence-corrected chi connectivity index (χ4v) is 1.49. The zero-order valence-corrected chi connectivity index (χ0v) is 10.3. The zero-order chi connectivity index (χ0) is 14.5. The van der Waals surface area contributed by atoms with Crippen LogP contribution < -0.4 is 5.43 Å². The highest BCUT2D eigenvalue weighted by Crippen LogP contribution is 2.24. The van der Waals surface area contributed by atoms with Gasteiger partial charge in [-0.3, -0.25) is 4.79 Å². The number of para-hydroxylation sites is 1. The molecule has 0 spiro atoms. The second kappa shape index (κ2) is 5.75. The number of hydrazone groups is 1. The Morgan fingerprint density at radius 3 is 2.45 bits per heavy atom. The SMILES string of the molecule is O=C(N/N=C/c1ccccc1O)c1ccc(O)c(O)c1. The van der Waals surface area contributed by atoms with Crippen LogP contribution in [0.25, 0.3) is 0 Å². The van der Waals surface area contributed by atoms with E-state index >= 15 is 0 Å². The van der Waals surface area contributed by atoms with Crippen LogP contribution in [0.1, 0.15) is 15.9 Å². The lowest BCUT2D eigenvalue weighted by molar-refractivity contribution is 0.0954. The first-order valence-electron chi connectivity index (χ1n) is 5.71. The van der Waals surface area contributed by atoms with Crippen molar-refractivity contribution in [3.05, 3.63) is 53.6 Å². The summed E-state index contributed by atoms with van der Waals surface area (Å²) in [7, 11) is 0. The Kier molecular flexibility index (Phi) is 3.85. The van der Waals surface area contributed by atoms with Gasteiger partial charge in [-0.05, 0) is 30.3 Å². The summed E-state index contributed by atoms with van der Waals surface area (Å²) < 4.78 is 0. The van der Waals surface area contributed by atoms with Crippen LogP contribution in [0.3, 0.4) is 0 Å². The molecule has 0 atom stereocenters. The quantitative estimate of drug-likeness (QED) is 0.387. The first-order chi connectivity index (χ1) is 9.58. The van der Waals surface area contributed by atoms with Crippen LogP contribution in [-0.2, 0) is 0 Å². The number of benzene rings is 2. The van der Waals surface area contributed by atoms with E-state index in [2.05, 4.69) is 10.5 Å². The maximum absolute atomic E-state index is 11.7. The predicted molar refractivity (Wildman–Crippen MR) is 72.9 cm³/mol. The second-order valence-electron chi connectivity index (χ2n) is 3.96. The molecule has 0 saturated heterocycles. The summed E-state index contributed by atoms with van der Waals surface area (Å²) in [6.07, 6.45) is 1.30. The van der Waals surface area contributed by atoms with Crippen LogP contribution in [0.5, 0.6) is 17.2 Å². The molecule has 1 amide bonds. The Balaban J connectivity index is 2.05. The number of hydrogen-bond donors (Lipinski definition) is 4. The van der Waals surface area contributed by atoms with Gasteiger partial charge in [0.1, 0.15) is 5.75 Å². The van der Waals surface area contributed by atoms with Crippen molar-refractivity contribution >= 4 is 12.1 Å². The van der Waals surface area contributed by atoms with Gasteiger partial charge in [-0.1, -0.05) is 12.1 Å². The summed E-state index contributed by atoms with van der Waals surface area (Å²) in [5.41, 5.74) is 2.86. The van der Waals surface area contributed by atoms with Gasteiger partial charge in [0.2, 0.25) is 0 Å². The van der Waals surface area contributed by atoms with E-state index in [0.717, 1.165) is 6.07 Å². The minimum Gasteiger partial charge on any atom is -0.507 e. The average molecular weight is 272 g/mol. The van der Waals surface area contributed by atoms with Crippen molar-refractivity contribution in [2.45, 2.75) is 0 Å². The second-order valence-corrected chi connectivity index (χ2v) is 3.96. The highest BCUT2D eigenvalue weighted by Gasteiger charge is 2.07. The molecule has 2 aromatic carbocycles. The van der Waals surface area contributed by atoms with Crippen LogP contribution in [-0.4, -0.2) is 27.4 Å². The summed E-state index contributed by atoms with van der Waals surface area (Å²) in [5.74, 6) is -1.19. The molecule has 0 fully saturated rings. The average Bonchev–Trinajstić information content (AvgIpc) is 2.44. The Morgan fingerprint density at radius 1 is 1.00 bits per heavy atom. The Morgan fingerprint density at radius 2 is 1.75 bits per heavy atom. The first kappa shape index (κ1) is 13.4. The third-order valence-corrected chi connectivity index (χ3v) is 2.54. The molecule has 6 nitrogen and oxygen atoms in total. The molecule has 0 aliphatic carbocycles. The maximum Gasteiger partial charge on any atom is 0.271 e. The number of rotatable bonds is 3. The summed E-state index contributed by atoms with van der Waals surface area (Å²) >= 11 is 0. The molecule has 0 aromatic heterocycles. The highest BCUT2D eigenvalue weighted by atomic mass is 16.3. The molecule has 4 N–H and O–H groups in total. The molecule has 102 valence electrons. The molecule has 2 aromatic rings. The maximum atomic E-state index is 11.7. The molecule has 6 heteroatoms. The molecule has 2 rings (SSSR count). The standard InChI is InChI=1S/C14H12N2O4/c17-11-4-2-1-3-10(11)8-15-16-14(20)9-5-6-12(18)13(19)7-9/h1-8,17-19H,(H,16,20)/b15-8+. The molecule has 0 aliphatic heterocycles. The molecular weight excluding hydrogens is 260 g/mol. The van der Waals surface area contributed by atoms with E-state index in [0.29, 0.717) is 5.56 Å². The van der Waals surface area contributed by atoms with E-state index in [1.54, 1.807) is 18.2 Å². The van der Waals surface area contributed by atoms with Crippen LogP contribution in [0.15, 0.2) is 47.6 Å². The van der Waals surface area contributed by atoms with E-state index in [4.69, 9.17) is 5.11 Å².